The fourth-order valence-corrected chi connectivity index (χ4v) is 5.60. The average molecular weight is 440 g/mol. The zero-order valence-electron chi connectivity index (χ0n) is 18.3. The van der Waals surface area contributed by atoms with Crippen molar-refractivity contribution in [3.8, 4) is 5.75 Å². The maximum atomic E-state index is 12.9. The van der Waals surface area contributed by atoms with Gasteiger partial charge in [-0.15, -0.1) is 11.3 Å². The topological polar surface area (TPSA) is 63.7 Å². The molecule has 4 rings (SSSR count). The van der Waals surface area contributed by atoms with Crippen LogP contribution in [0.2, 0.25) is 0 Å². The number of ether oxygens (including phenoxy) is 2. The van der Waals surface area contributed by atoms with Crippen LogP contribution in [0, 0.1) is 6.92 Å². The molecule has 1 aliphatic heterocycles. The number of thiophene rings is 1. The number of fused-ring (bicyclic) bond motifs is 1. The van der Waals surface area contributed by atoms with Gasteiger partial charge in [-0.1, -0.05) is 24.3 Å². The summed E-state index contributed by atoms with van der Waals surface area (Å²) in [6.45, 7) is 5.82. The number of hydrogen-bond donors (Lipinski definition) is 1. The molecule has 1 saturated heterocycles. The Labute approximate surface area is 187 Å². The number of hydrogen-bond acceptors (Lipinski definition) is 6. The summed E-state index contributed by atoms with van der Waals surface area (Å²) in [4.78, 5) is 21.6. The van der Waals surface area contributed by atoms with Gasteiger partial charge in [-0.05, 0) is 37.1 Å². The minimum Gasteiger partial charge on any atom is -0.496 e. The van der Waals surface area contributed by atoms with Crippen LogP contribution >= 0.6 is 11.3 Å². The van der Waals surface area contributed by atoms with E-state index in [1.807, 2.05) is 6.07 Å². The smallest absolute Gasteiger partial charge is 0.261 e. The lowest BCUT2D eigenvalue weighted by Crippen LogP contribution is -2.27. The van der Waals surface area contributed by atoms with Crippen molar-refractivity contribution >= 4 is 27.5 Å². The van der Waals surface area contributed by atoms with Crippen molar-refractivity contribution in [1.29, 1.82) is 0 Å². The Hall–Kier alpha value is -2.48. The first kappa shape index (κ1) is 21.7. The molecular weight excluding hydrogens is 410 g/mol. The van der Waals surface area contributed by atoms with E-state index in [4.69, 9.17) is 9.47 Å². The largest absolute Gasteiger partial charge is 0.496 e. The van der Waals surface area contributed by atoms with Crippen LogP contribution in [-0.4, -0.2) is 56.3 Å². The molecule has 1 aliphatic rings. The molecule has 6 nitrogen and oxygen atoms in total. The van der Waals surface area contributed by atoms with Crippen LogP contribution in [0.25, 0.3) is 10.2 Å². The van der Waals surface area contributed by atoms with E-state index in [0.717, 1.165) is 58.0 Å². The van der Waals surface area contributed by atoms with Crippen molar-refractivity contribution < 1.29 is 14.3 Å². The number of aromatic nitrogens is 1. The summed E-state index contributed by atoms with van der Waals surface area (Å²) in [5.74, 6) is 1.24. The van der Waals surface area contributed by atoms with Gasteiger partial charge in [0.1, 0.15) is 10.6 Å². The van der Waals surface area contributed by atoms with Gasteiger partial charge < -0.3 is 14.8 Å². The zero-order valence-corrected chi connectivity index (χ0v) is 19.1. The van der Waals surface area contributed by atoms with Gasteiger partial charge in [0.2, 0.25) is 0 Å². The second-order valence-corrected chi connectivity index (χ2v) is 8.94. The summed E-state index contributed by atoms with van der Waals surface area (Å²) < 4.78 is 10.7. The van der Waals surface area contributed by atoms with Crippen molar-refractivity contribution in [2.24, 2.45) is 0 Å². The maximum Gasteiger partial charge on any atom is 0.261 e. The Balaban J connectivity index is 1.57. The van der Waals surface area contributed by atoms with E-state index in [2.05, 4.69) is 46.4 Å². The molecule has 1 atom stereocenters. The third kappa shape index (κ3) is 4.59. The first-order valence-corrected chi connectivity index (χ1v) is 11.4. The molecule has 164 valence electrons. The highest BCUT2D eigenvalue weighted by atomic mass is 32.1. The molecule has 0 saturated carbocycles. The number of rotatable bonds is 8. The third-order valence-corrected chi connectivity index (χ3v) is 7.00. The number of carbonyl (C=O) groups excluding carboxylic acids is 1. The molecule has 0 spiro atoms. The molecule has 1 amide bonds. The van der Waals surface area contributed by atoms with Crippen LogP contribution in [-0.2, 0) is 11.3 Å². The number of nitrogens with one attached hydrogen (secondary N) is 1. The Morgan fingerprint density at radius 1 is 1.29 bits per heavy atom. The number of carbonyl (C=O) groups is 1. The molecule has 0 bridgehead atoms. The first-order valence-electron chi connectivity index (χ1n) is 10.6. The number of benzene rings is 1. The number of nitrogens with zero attached hydrogens (tertiary/aromatic N) is 2. The summed E-state index contributed by atoms with van der Waals surface area (Å²) in [6.07, 6.45) is 2.81. The summed E-state index contributed by atoms with van der Waals surface area (Å²) in [6, 6.07) is 10.3. The molecule has 2 aromatic heterocycles. The lowest BCUT2D eigenvalue weighted by atomic mass is 9.95. The van der Waals surface area contributed by atoms with Gasteiger partial charge in [0, 0.05) is 49.8 Å². The number of likely N-dealkylation sites (tertiary alicyclic amines) is 1. The van der Waals surface area contributed by atoms with Crippen LogP contribution in [0.1, 0.15) is 38.7 Å². The molecule has 0 radical (unpaired) electrons. The van der Waals surface area contributed by atoms with Crippen LogP contribution < -0.4 is 10.1 Å². The monoisotopic (exact) mass is 439 g/mol. The molecule has 7 heteroatoms. The number of pyridine rings is 1. The minimum absolute atomic E-state index is 0.0335. The van der Waals surface area contributed by atoms with E-state index >= 15 is 0 Å². The fraction of sp³-hybridized carbons (Fsp3) is 0.417. The molecule has 1 N–H and O–H groups in total. The summed E-state index contributed by atoms with van der Waals surface area (Å²) in [5, 5.41) is 4.09. The summed E-state index contributed by atoms with van der Waals surface area (Å²) in [7, 11) is 3.37. The molecule has 1 aromatic carbocycles. The molecule has 3 heterocycles. The molecule has 31 heavy (non-hydrogen) atoms. The predicted molar refractivity (Wildman–Crippen MR) is 124 cm³/mol. The lowest BCUT2D eigenvalue weighted by molar-refractivity contribution is 0.0940. The number of para-hydroxylation sites is 1. The molecule has 3 aromatic rings. The number of methoxy groups -OCH3 is 2. The van der Waals surface area contributed by atoms with E-state index in [9.17, 15) is 4.79 Å². The molecular formula is C24H29N3O3S. The Bertz CT molecular complexity index is 1070. The van der Waals surface area contributed by atoms with E-state index in [-0.39, 0.29) is 5.91 Å². The Morgan fingerprint density at radius 3 is 2.97 bits per heavy atom. The Morgan fingerprint density at radius 2 is 2.16 bits per heavy atom. The van der Waals surface area contributed by atoms with Gasteiger partial charge in [0.05, 0.1) is 18.6 Å². The maximum absolute atomic E-state index is 12.9. The standard InChI is InChI=1S/C24H29N3O3S/c1-16-6-4-7-18(21(16)30-3)15-27-12-9-17(14-27)20-19-8-5-10-26-24(19)31-22(20)23(28)25-11-13-29-2/h4-8,10,17H,9,11-15H2,1-3H3,(H,25,28). The van der Waals surface area contributed by atoms with Crippen molar-refractivity contribution in [2.75, 3.05) is 40.5 Å². The molecule has 1 fully saturated rings. The fourth-order valence-electron chi connectivity index (χ4n) is 4.45. The van der Waals surface area contributed by atoms with Crippen LogP contribution in [0.15, 0.2) is 36.5 Å². The highest BCUT2D eigenvalue weighted by Gasteiger charge is 2.31. The van der Waals surface area contributed by atoms with Crippen molar-refractivity contribution in [3.05, 3.63) is 58.1 Å². The summed E-state index contributed by atoms with van der Waals surface area (Å²) in [5.41, 5.74) is 3.50. The third-order valence-electron chi connectivity index (χ3n) is 5.87. The van der Waals surface area contributed by atoms with Gasteiger partial charge in [0.25, 0.3) is 5.91 Å². The first-order chi connectivity index (χ1) is 15.1. The minimum atomic E-state index is -0.0335. The summed E-state index contributed by atoms with van der Waals surface area (Å²) >= 11 is 1.49. The quantitative estimate of drug-likeness (QED) is 0.538. The molecule has 0 aliphatic carbocycles. The van der Waals surface area contributed by atoms with Gasteiger partial charge in [-0.25, -0.2) is 4.98 Å². The molecule has 1 unspecified atom stereocenters. The van der Waals surface area contributed by atoms with E-state index in [1.165, 1.54) is 16.9 Å². The Kier molecular flexibility index (Phi) is 6.85. The van der Waals surface area contributed by atoms with E-state index in [0.29, 0.717) is 19.1 Å². The second kappa shape index (κ2) is 9.77. The van der Waals surface area contributed by atoms with Crippen LogP contribution in [0.3, 0.4) is 0 Å². The van der Waals surface area contributed by atoms with Crippen molar-refractivity contribution in [3.63, 3.8) is 0 Å². The van der Waals surface area contributed by atoms with E-state index in [1.54, 1.807) is 20.4 Å². The lowest BCUT2D eigenvalue weighted by Gasteiger charge is -2.19. The van der Waals surface area contributed by atoms with Crippen LogP contribution in [0.5, 0.6) is 5.75 Å². The average Bonchev–Trinajstić information content (AvgIpc) is 3.38. The van der Waals surface area contributed by atoms with Crippen LogP contribution in [0.4, 0.5) is 0 Å². The normalized spacial score (nSPS) is 16.7. The van der Waals surface area contributed by atoms with Crippen molar-refractivity contribution in [2.45, 2.75) is 25.8 Å². The van der Waals surface area contributed by atoms with Gasteiger partial charge in [-0.3, -0.25) is 9.69 Å². The second-order valence-electron chi connectivity index (χ2n) is 7.94. The predicted octanol–water partition coefficient (Wildman–Crippen LogP) is 3.98. The highest BCUT2D eigenvalue weighted by Crippen LogP contribution is 2.40. The van der Waals surface area contributed by atoms with Crippen molar-refractivity contribution in [1.82, 2.24) is 15.2 Å². The highest BCUT2D eigenvalue weighted by molar-refractivity contribution is 7.20. The zero-order chi connectivity index (χ0) is 21.8. The number of amides is 1. The van der Waals surface area contributed by atoms with E-state index < -0.39 is 0 Å². The van der Waals surface area contributed by atoms with Gasteiger partial charge >= 0.3 is 0 Å². The number of aryl methyl sites for hydroxylation is 1. The SMILES string of the molecule is COCCNC(=O)c1sc2ncccc2c1C1CCN(Cc2cccc(C)c2OC)C1. The van der Waals surface area contributed by atoms with Gasteiger partial charge in [0.15, 0.2) is 0 Å². The van der Waals surface area contributed by atoms with Gasteiger partial charge in [-0.2, -0.15) is 0 Å².